The predicted octanol–water partition coefficient (Wildman–Crippen LogP) is 3.60. The molecule has 0 aliphatic carbocycles. The second-order valence-corrected chi connectivity index (χ2v) is 5.28. The van der Waals surface area contributed by atoms with Crippen LogP contribution in [0.4, 0.5) is 4.39 Å². The predicted molar refractivity (Wildman–Crippen MR) is 60.2 cm³/mol. The average molecular weight is 210 g/mol. The molecule has 15 heavy (non-hydrogen) atoms. The Morgan fingerprint density at radius 1 is 1.33 bits per heavy atom. The fourth-order valence-corrected chi connectivity index (χ4v) is 1.66. The minimum absolute atomic E-state index is 0.0399. The third-order valence-corrected chi connectivity index (χ3v) is 2.41. The van der Waals surface area contributed by atoms with E-state index in [-0.39, 0.29) is 11.2 Å². The van der Waals surface area contributed by atoms with E-state index in [9.17, 15) is 9.50 Å². The highest BCUT2D eigenvalue weighted by atomic mass is 19.1. The number of hydrogen-bond donors (Lipinski definition) is 1. The molecule has 1 atom stereocenters. The van der Waals surface area contributed by atoms with E-state index < -0.39 is 6.10 Å². The molecular weight excluding hydrogens is 191 g/mol. The maximum absolute atomic E-state index is 13.0. The largest absolute Gasteiger partial charge is 0.388 e. The van der Waals surface area contributed by atoms with E-state index in [0.29, 0.717) is 12.0 Å². The van der Waals surface area contributed by atoms with Crippen LogP contribution in [0.1, 0.15) is 44.4 Å². The Labute approximate surface area is 90.9 Å². The molecule has 1 unspecified atom stereocenters. The molecule has 84 valence electrons. The number of halogens is 1. The Morgan fingerprint density at radius 2 is 1.93 bits per heavy atom. The first-order valence-corrected chi connectivity index (χ1v) is 5.24. The van der Waals surface area contributed by atoms with Crippen LogP contribution in [0.25, 0.3) is 0 Å². The first-order chi connectivity index (χ1) is 6.79. The van der Waals surface area contributed by atoms with Crippen LogP contribution in [-0.2, 0) is 0 Å². The van der Waals surface area contributed by atoms with Gasteiger partial charge in [-0.3, -0.25) is 0 Å². The van der Waals surface area contributed by atoms with Gasteiger partial charge in [0.25, 0.3) is 0 Å². The van der Waals surface area contributed by atoms with Gasteiger partial charge in [0.2, 0.25) is 0 Å². The molecule has 0 amide bonds. The molecule has 1 aromatic carbocycles. The number of rotatable bonds is 2. The van der Waals surface area contributed by atoms with Gasteiger partial charge in [0.05, 0.1) is 6.10 Å². The van der Waals surface area contributed by atoms with E-state index in [1.54, 1.807) is 6.07 Å². The highest BCUT2D eigenvalue weighted by molar-refractivity contribution is 5.28. The normalized spacial score (nSPS) is 14.0. The number of benzene rings is 1. The molecule has 1 nitrogen and oxygen atoms in total. The zero-order valence-corrected chi connectivity index (χ0v) is 9.84. The molecule has 0 aliphatic heterocycles. The van der Waals surface area contributed by atoms with Crippen molar-refractivity contribution in [2.75, 3.05) is 0 Å². The Balaban J connectivity index is 2.90. The van der Waals surface area contributed by atoms with Crippen molar-refractivity contribution in [2.24, 2.45) is 5.41 Å². The second kappa shape index (κ2) is 4.31. The number of aliphatic hydroxyl groups excluding tert-OH is 1. The van der Waals surface area contributed by atoms with Gasteiger partial charge in [-0.2, -0.15) is 0 Å². The molecule has 0 spiro atoms. The lowest BCUT2D eigenvalue weighted by Gasteiger charge is -2.23. The smallest absolute Gasteiger partial charge is 0.123 e. The van der Waals surface area contributed by atoms with E-state index in [2.05, 4.69) is 20.8 Å². The summed E-state index contributed by atoms with van der Waals surface area (Å²) in [6.45, 7) is 8.07. The summed E-state index contributed by atoms with van der Waals surface area (Å²) in [6.07, 6.45) is 0.0535. The highest BCUT2D eigenvalue weighted by Gasteiger charge is 2.19. The molecule has 0 saturated heterocycles. The molecule has 0 bridgehead atoms. The Bertz CT molecular complexity index is 339. The van der Waals surface area contributed by atoms with Crippen molar-refractivity contribution in [3.8, 4) is 0 Å². The molecule has 0 saturated carbocycles. The van der Waals surface area contributed by atoms with Crippen molar-refractivity contribution in [1.82, 2.24) is 0 Å². The summed E-state index contributed by atoms with van der Waals surface area (Å²) in [4.78, 5) is 0. The van der Waals surface area contributed by atoms with Crippen LogP contribution in [0, 0.1) is 18.2 Å². The minimum atomic E-state index is -0.583. The zero-order valence-electron chi connectivity index (χ0n) is 9.84. The first-order valence-electron chi connectivity index (χ1n) is 5.24. The standard InChI is InChI=1S/C13H19FO/c1-9-5-6-10(14)7-11(9)12(15)8-13(2,3)4/h5-7,12,15H,8H2,1-4H3. The molecule has 0 aromatic heterocycles. The van der Waals surface area contributed by atoms with Gasteiger partial charge < -0.3 is 5.11 Å². The summed E-state index contributed by atoms with van der Waals surface area (Å²) in [5.74, 6) is -0.288. The van der Waals surface area contributed by atoms with Crippen molar-refractivity contribution >= 4 is 0 Å². The van der Waals surface area contributed by atoms with E-state index in [4.69, 9.17) is 0 Å². The fourth-order valence-electron chi connectivity index (χ4n) is 1.66. The van der Waals surface area contributed by atoms with E-state index in [1.165, 1.54) is 12.1 Å². The lowest BCUT2D eigenvalue weighted by Crippen LogP contribution is -2.12. The molecule has 0 heterocycles. The SMILES string of the molecule is Cc1ccc(F)cc1C(O)CC(C)(C)C. The maximum Gasteiger partial charge on any atom is 0.123 e. The van der Waals surface area contributed by atoms with Crippen LogP contribution >= 0.6 is 0 Å². The quantitative estimate of drug-likeness (QED) is 0.790. The Kier molecular flexibility index (Phi) is 3.50. The van der Waals surface area contributed by atoms with Gasteiger partial charge in [-0.15, -0.1) is 0 Å². The van der Waals surface area contributed by atoms with Gasteiger partial charge in [-0.1, -0.05) is 26.8 Å². The molecular formula is C13H19FO. The van der Waals surface area contributed by atoms with Crippen molar-refractivity contribution in [3.05, 3.63) is 35.1 Å². The van der Waals surface area contributed by atoms with Gasteiger partial charge in [0.15, 0.2) is 0 Å². The maximum atomic E-state index is 13.0. The van der Waals surface area contributed by atoms with Crippen LogP contribution in [0.3, 0.4) is 0 Å². The summed E-state index contributed by atoms with van der Waals surface area (Å²) < 4.78 is 13.0. The van der Waals surface area contributed by atoms with Crippen LogP contribution in [-0.4, -0.2) is 5.11 Å². The van der Waals surface area contributed by atoms with E-state index in [0.717, 1.165) is 5.56 Å². The van der Waals surface area contributed by atoms with Gasteiger partial charge >= 0.3 is 0 Å². The molecule has 0 fully saturated rings. The van der Waals surface area contributed by atoms with E-state index >= 15 is 0 Å². The van der Waals surface area contributed by atoms with Crippen molar-refractivity contribution in [3.63, 3.8) is 0 Å². The number of aryl methyl sites for hydroxylation is 1. The van der Waals surface area contributed by atoms with E-state index in [1.807, 2.05) is 6.92 Å². The summed E-state index contributed by atoms with van der Waals surface area (Å²) >= 11 is 0. The van der Waals surface area contributed by atoms with Crippen LogP contribution < -0.4 is 0 Å². The molecule has 1 rings (SSSR count). The first kappa shape index (κ1) is 12.2. The summed E-state index contributed by atoms with van der Waals surface area (Å²) in [5.41, 5.74) is 1.68. The van der Waals surface area contributed by atoms with Crippen LogP contribution in [0.2, 0.25) is 0 Å². The van der Waals surface area contributed by atoms with Gasteiger partial charge in [0.1, 0.15) is 5.82 Å². The summed E-state index contributed by atoms with van der Waals surface area (Å²) in [7, 11) is 0. The van der Waals surface area contributed by atoms with Crippen molar-refractivity contribution < 1.29 is 9.50 Å². The molecule has 0 aliphatic rings. The minimum Gasteiger partial charge on any atom is -0.388 e. The van der Waals surface area contributed by atoms with Crippen molar-refractivity contribution in [2.45, 2.75) is 40.2 Å². The summed E-state index contributed by atoms with van der Waals surface area (Å²) in [6, 6.07) is 4.55. The third kappa shape index (κ3) is 3.63. The lowest BCUT2D eigenvalue weighted by molar-refractivity contribution is 0.121. The zero-order chi connectivity index (χ0) is 11.6. The highest BCUT2D eigenvalue weighted by Crippen LogP contribution is 2.30. The number of hydrogen-bond acceptors (Lipinski definition) is 1. The van der Waals surface area contributed by atoms with Crippen LogP contribution in [0.15, 0.2) is 18.2 Å². The fraction of sp³-hybridized carbons (Fsp3) is 0.538. The molecule has 2 heteroatoms. The van der Waals surface area contributed by atoms with Gasteiger partial charge in [0, 0.05) is 0 Å². The molecule has 0 radical (unpaired) electrons. The number of aliphatic hydroxyl groups is 1. The average Bonchev–Trinajstić information content (AvgIpc) is 2.06. The Hall–Kier alpha value is -0.890. The van der Waals surface area contributed by atoms with Gasteiger partial charge in [-0.05, 0) is 42.0 Å². The topological polar surface area (TPSA) is 20.2 Å². The van der Waals surface area contributed by atoms with Crippen LogP contribution in [0.5, 0.6) is 0 Å². The summed E-state index contributed by atoms with van der Waals surface area (Å²) in [5, 5.41) is 9.99. The molecule has 1 aromatic rings. The lowest BCUT2D eigenvalue weighted by atomic mass is 9.86. The Morgan fingerprint density at radius 3 is 2.47 bits per heavy atom. The van der Waals surface area contributed by atoms with Gasteiger partial charge in [-0.25, -0.2) is 4.39 Å². The van der Waals surface area contributed by atoms with Crippen molar-refractivity contribution in [1.29, 1.82) is 0 Å². The second-order valence-electron chi connectivity index (χ2n) is 5.28. The molecule has 1 N–H and O–H groups in total. The third-order valence-electron chi connectivity index (χ3n) is 2.41. The monoisotopic (exact) mass is 210 g/mol.